The fraction of sp³-hybridized carbons (Fsp3) is 0.750. The van der Waals surface area contributed by atoms with E-state index in [4.69, 9.17) is 5.73 Å². The van der Waals surface area contributed by atoms with Gasteiger partial charge in [0.05, 0.1) is 11.5 Å². The van der Waals surface area contributed by atoms with Gasteiger partial charge in [0.1, 0.15) is 0 Å². The lowest BCUT2D eigenvalue weighted by Gasteiger charge is -1.99. The minimum Gasteiger partial charge on any atom is -0.330 e. The fourth-order valence-electron chi connectivity index (χ4n) is 0.680. The van der Waals surface area contributed by atoms with Crippen LogP contribution < -0.4 is 5.73 Å². The molecule has 0 radical (unpaired) electrons. The molecular formula is C8H17NO2S. The average molecular weight is 191 g/mol. The minimum atomic E-state index is -2.90. The topological polar surface area (TPSA) is 60.2 Å². The molecule has 0 aliphatic heterocycles. The van der Waals surface area contributed by atoms with Crippen LogP contribution in [0, 0.1) is 0 Å². The van der Waals surface area contributed by atoms with E-state index in [2.05, 4.69) is 0 Å². The lowest BCUT2D eigenvalue weighted by atomic mass is 10.3. The third-order valence-electron chi connectivity index (χ3n) is 1.40. The molecule has 0 aliphatic rings. The van der Waals surface area contributed by atoms with Crippen LogP contribution >= 0.6 is 0 Å². The van der Waals surface area contributed by atoms with Gasteiger partial charge in [0.2, 0.25) is 0 Å². The molecule has 0 rings (SSSR count). The zero-order chi connectivity index (χ0) is 9.61. The molecule has 0 aromatic rings. The number of rotatable bonds is 5. The molecule has 0 saturated carbocycles. The van der Waals surface area contributed by atoms with Crippen LogP contribution in [0.4, 0.5) is 0 Å². The largest absolute Gasteiger partial charge is 0.330 e. The van der Waals surface area contributed by atoms with Gasteiger partial charge in [-0.25, -0.2) is 8.42 Å². The van der Waals surface area contributed by atoms with Crippen molar-refractivity contribution < 1.29 is 8.42 Å². The predicted octanol–water partition coefficient (Wildman–Crippen LogP) is 0.716. The van der Waals surface area contributed by atoms with Crippen molar-refractivity contribution in [3.05, 3.63) is 11.6 Å². The van der Waals surface area contributed by atoms with Crippen LogP contribution in [0.3, 0.4) is 0 Å². The zero-order valence-corrected chi connectivity index (χ0v) is 8.52. The van der Waals surface area contributed by atoms with E-state index < -0.39 is 9.84 Å². The van der Waals surface area contributed by atoms with Crippen LogP contribution in [-0.2, 0) is 9.84 Å². The first-order valence-electron chi connectivity index (χ1n) is 4.02. The van der Waals surface area contributed by atoms with Gasteiger partial charge < -0.3 is 5.73 Å². The summed E-state index contributed by atoms with van der Waals surface area (Å²) >= 11 is 0. The summed E-state index contributed by atoms with van der Waals surface area (Å²) in [5.74, 6) is 0.350. The van der Waals surface area contributed by atoms with Crippen molar-refractivity contribution in [1.82, 2.24) is 0 Å². The SMILES string of the molecule is CC(C)=CCS(=O)(=O)CCCN. The Balaban J connectivity index is 3.98. The van der Waals surface area contributed by atoms with Gasteiger partial charge in [-0.2, -0.15) is 0 Å². The summed E-state index contributed by atoms with van der Waals surface area (Å²) in [6, 6.07) is 0. The second-order valence-electron chi connectivity index (χ2n) is 3.04. The summed E-state index contributed by atoms with van der Waals surface area (Å²) in [5.41, 5.74) is 6.25. The highest BCUT2D eigenvalue weighted by molar-refractivity contribution is 7.91. The van der Waals surface area contributed by atoms with Gasteiger partial charge in [0.25, 0.3) is 0 Å². The molecule has 2 N–H and O–H groups in total. The van der Waals surface area contributed by atoms with Gasteiger partial charge in [-0.15, -0.1) is 0 Å². The summed E-state index contributed by atoms with van der Waals surface area (Å²) in [7, 11) is -2.90. The molecule has 3 nitrogen and oxygen atoms in total. The van der Waals surface area contributed by atoms with Crippen LogP contribution in [0.15, 0.2) is 11.6 Å². The molecule has 0 fully saturated rings. The van der Waals surface area contributed by atoms with Gasteiger partial charge in [-0.05, 0) is 26.8 Å². The van der Waals surface area contributed by atoms with E-state index in [0.29, 0.717) is 13.0 Å². The fourth-order valence-corrected chi connectivity index (χ4v) is 2.04. The highest BCUT2D eigenvalue weighted by Gasteiger charge is 2.06. The van der Waals surface area contributed by atoms with Gasteiger partial charge in [-0.3, -0.25) is 0 Å². The molecule has 0 unspecified atom stereocenters. The number of hydrogen-bond acceptors (Lipinski definition) is 3. The third-order valence-corrected chi connectivity index (χ3v) is 2.99. The number of nitrogens with two attached hydrogens (primary N) is 1. The Hall–Kier alpha value is -0.350. The minimum absolute atomic E-state index is 0.148. The molecule has 0 aromatic heterocycles. The van der Waals surface area contributed by atoms with E-state index in [0.717, 1.165) is 5.57 Å². The molecule has 4 heteroatoms. The molecule has 0 saturated heterocycles. The lowest BCUT2D eigenvalue weighted by Crippen LogP contribution is -2.13. The van der Waals surface area contributed by atoms with E-state index in [1.165, 1.54) is 0 Å². The monoisotopic (exact) mass is 191 g/mol. The van der Waals surface area contributed by atoms with Crippen LogP contribution in [0.1, 0.15) is 20.3 Å². The van der Waals surface area contributed by atoms with Crippen molar-refractivity contribution in [2.45, 2.75) is 20.3 Å². The second kappa shape index (κ2) is 5.32. The molecule has 72 valence electrons. The van der Waals surface area contributed by atoms with Crippen molar-refractivity contribution in [2.75, 3.05) is 18.1 Å². The second-order valence-corrected chi connectivity index (χ2v) is 5.27. The summed E-state index contributed by atoms with van der Waals surface area (Å²) < 4.78 is 22.4. The third kappa shape index (κ3) is 6.37. The van der Waals surface area contributed by atoms with Crippen LogP contribution in [0.5, 0.6) is 0 Å². The molecule has 0 aromatic carbocycles. The van der Waals surface area contributed by atoms with Crippen molar-refractivity contribution >= 4 is 9.84 Å². The van der Waals surface area contributed by atoms with Gasteiger partial charge in [0, 0.05) is 0 Å². The summed E-state index contributed by atoms with van der Waals surface area (Å²) in [4.78, 5) is 0. The Kier molecular flexibility index (Phi) is 5.17. The number of allylic oxidation sites excluding steroid dienone is 1. The summed E-state index contributed by atoms with van der Waals surface area (Å²) in [5, 5.41) is 0. The Morgan fingerprint density at radius 3 is 2.42 bits per heavy atom. The molecule has 0 heterocycles. The summed E-state index contributed by atoms with van der Waals surface area (Å²) in [6.45, 7) is 4.21. The van der Waals surface area contributed by atoms with E-state index in [1.54, 1.807) is 6.08 Å². The van der Waals surface area contributed by atoms with Gasteiger partial charge >= 0.3 is 0 Å². The molecule has 0 aliphatic carbocycles. The molecule has 0 spiro atoms. The maximum atomic E-state index is 11.2. The average Bonchev–Trinajstić information content (AvgIpc) is 1.98. The standard InChI is InChI=1S/C8H17NO2S/c1-8(2)4-7-12(10,11)6-3-5-9/h4H,3,5-7,9H2,1-2H3. The zero-order valence-electron chi connectivity index (χ0n) is 7.71. The van der Waals surface area contributed by atoms with Gasteiger partial charge in [-0.1, -0.05) is 11.6 Å². The first kappa shape index (κ1) is 11.6. The first-order valence-corrected chi connectivity index (χ1v) is 5.84. The molecule has 0 amide bonds. The van der Waals surface area contributed by atoms with E-state index in [9.17, 15) is 8.42 Å². The lowest BCUT2D eigenvalue weighted by molar-refractivity contribution is 0.596. The Morgan fingerprint density at radius 2 is 2.00 bits per heavy atom. The highest BCUT2D eigenvalue weighted by Crippen LogP contribution is 1.97. The van der Waals surface area contributed by atoms with E-state index in [1.807, 2.05) is 13.8 Å². The molecule has 0 bridgehead atoms. The van der Waals surface area contributed by atoms with Crippen molar-refractivity contribution in [3.8, 4) is 0 Å². The number of sulfone groups is 1. The smallest absolute Gasteiger partial charge is 0.153 e. The predicted molar refractivity (Wildman–Crippen MR) is 51.8 cm³/mol. The maximum Gasteiger partial charge on any atom is 0.153 e. The van der Waals surface area contributed by atoms with Crippen molar-refractivity contribution in [2.24, 2.45) is 5.73 Å². The molecular weight excluding hydrogens is 174 g/mol. The quantitative estimate of drug-likeness (QED) is 0.651. The Labute approximate surface area is 74.6 Å². The Bertz CT molecular complexity index is 238. The van der Waals surface area contributed by atoms with E-state index in [-0.39, 0.29) is 11.5 Å². The Morgan fingerprint density at radius 1 is 1.42 bits per heavy atom. The first-order chi connectivity index (χ1) is 5.48. The van der Waals surface area contributed by atoms with Crippen molar-refractivity contribution in [1.29, 1.82) is 0 Å². The van der Waals surface area contributed by atoms with Crippen LogP contribution in [0.2, 0.25) is 0 Å². The van der Waals surface area contributed by atoms with Crippen LogP contribution in [0.25, 0.3) is 0 Å². The maximum absolute atomic E-state index is 11.2. The van der Waals surface area contributed by atoms with Crippen LogP contribution in [-0.4, -0.2) is 26.5 Å². The highest BCUT2D eigenvalue weighted by atomic mass is 32.2. The molecule has 12 heavy (non-hydrogen) atoms. The molecule has 0 atom stereocenters. The normalized spacial score (nSPS) is 11.2. The number of hydrogen-bond donors (Lipinski definition) is 1. The van der Waals surface area contributed by atoms with Crippen molar-refractivity contribution in [3.63, 3.8) is 0 Å². The summed E-state index contributed by atoms with van der Waals surface area (Å²) in [6.07, 6.45) is 2.28. The van der Waals surface area contributed by atoms with Gasteiger partial charge in [0.15, 0.2) is 9.84 Å². The van der Waals surface area contributed by atoms with E-state index >= 15 is 0 Å².